The molecular formula is C25H22N2O6. The molecule has 1 atom stereocenters. The van der Waals surface area contributed by atoms with Gasteiger partial charge in [0.25, 0.3) is 5.91 Å². The van der Waals surface area contributed by atoms with Crippen LogP contribution in [0.1, 0.15) is 21.8 Å². The predicted octanol–water partition coefficient (Wildman–Crippen LogP) is 3.93. The number of nitrogens with one attached hydrogen (secondary N) is 2. The molecule has 1 aliphatic heterocycles. The first kappa shape index (κ1) is 20.7. The van der Waals surface area contributed by atoms with E-state index in [1.165, 1.54) is 0 Å². The maximum Gasteiger partial charge on any atom is 0.326 e. The lowest BCUT2D eigenvalue weighted by molar-refractivity contribution is -0.139. The Morgan fingerprint density at radius 2 is 1.85 bits per heavy atom. The number of carboxylic acids is 1. The number of benzene rings is 2. The van der Waals surface area contributed by atoms with Gasteiger partial charge >= 0.3 is 5.97 Å². The van der Waals surface area contributed by atoms with Crippen molar-refractivity contribution in [2.24, 2.45) is 0 Å². The minimum atomic E-state index is -1.12. The van der Waals surface area contributed by atoms with E-state index < -0.39 is 17.9 Å². The molecule has 1 unspecified atom stereocenters. The second-order valence-electron chi connectivity index (χ2n) is 7.89. The Kier molecular flexibility index (Phi) is 5.26. The normalized spacial score (nSPS) is 13.6. The van der Waals surface area contributed by atoms with Crippen LogP contribution in [0.15, 0.2) is 59.0 Å². The molecule has 8 nitrogen and oxygen atoms in total. The third-order valence-electron chi connectivity index (χ3n) is 5.60. The van der Waals surface area contributed by atoms with E-state index in [0.29, 0.717) is 36.2 Å². The van der Waals surface area contributed by atoms with Gasteiger partial charge in [-0.05, 0) is 48.7 Å². The van der Waals surface area contributed by atoms with Crippen LogP contribution in [0, 0.1) is 6.92 Å². The largest absolute Gasteiger partial charge is 0.486 e. The highest BCUT2D eigenvalue weighted by Gasteiger charge is 2.25. The van der Waals surface area contributed by atoms with Crippen LogP contribution in [0.25, 0.3) is 22.2 Å². The van der Waals surface area contributed by atoms with Crippen molar-refractivity contribution in [2.45, 2.75) is 19.4 Å². The molecule has 0 radical (unpaired) electrons. The smallest absolute Gasteiger partial charge is 0.326 e. The highest BCUT2D eigenvalue weighted by Crippen LogP contribution is 2.35. The summed E-state index contributed by atoms with van der Waals surface area (Å²) in [5.41, 5.74) is 2.65. The molecular weight excluding hydrogens is 424 g/mol. The minimum absolute atomic E-state index is 0.127. The van der Waals surface area contributed by atoms with Crippen molar-refractivity contribution < 1.29 is 28.6 Å². The minimum Gasteiger partial charge on any atom is -0.486 e. The number of hydrogen-bond acceptors (Lipinski definition) is 5. The number of hydrogen-bond donors (Lipinski definition) is 3. The Morgan fingerprint density at radius 1 is 1.06 bits per heavy atom. The van der Waals surface area contributed by atoms with E-state index in [-0.39, 0.29) is 12.0 Å². The van der Waals surface area contributed by atoms with Crippen molar-refractivity contribution in [3.63, 3.8) is 0 Å². The molecule has 3 N–H and O–H groups in total. The third-order valence-corrected chi connectivity index (χ3v) is 5.60. The van der Waals surface area contributed by atoms with Crippen LogP contribution in [0.3, 0.4) is 0 Å². The van der Waals surface area contributed by atoms with Crippen LogP contribution in [-0.4, -0.2) is 41.2 Å². The van der Waals surface area contributed by atoms with E-state index in [1.807, 2.05) is 36.4 Å². The molecule has 5 rings (SSSR count). The van der Waals surface area contributed by atoms with Crippen LogP contribution in [-0.2, 0) is 11.2 Å². The number of para-hydroxylation sites is 1. The maximum atomic E-state index is 12.9. The second-order valence-corrected chi connectivity index (χ2v) is 7.89. The number of ether oxygens (including phenoxy) is 2. The van der Waals surface area contributed by atoms with Gasteiger partial charge < -0.3 is 29.3 Å². The average molecular weight is 446 g/mol. The van der Waals surface area contributed by atoms with E-state index >= 15 is 0 Å². The first-order chi connectivity index (χ1) is 16.0. The van der Waals surface area contributed by atoms with Gasteiger partial charge in [0.15, 0.2) is 11.5 Å². The second kappa shape index (κ2) is 8.38. The molecule has 0 saturated heterocycles. The number of carboxylic acid groups (broad SMARTS) is 1. The first-order valence-electron chi connectivity index (χ1n) is 10.6. The van der Waals surface area contributed by atoms with Gasteiger partial charge in [0.05, 0.1) is 5.56 Å². The molecule has 0 bridgehead atoms. The third kappa shape index (κ3) is 4.15. The molecule has 2 aromatic carbocycles. The number of aliphatic carboxylic acids is 1. The summed E-state index contributed by atoms with van der Waals surface area (Å²) in [5.74, 6) is 0.527. The SMILES string of the molecule is Cc1oc(-c2ccc3c(c2)OCCO3)cc1C(=O)NC(Cc1cc2ccccc2[nH]1)C(=O)O. The van der Waals surface area contributed by atoms with E-state index in [4.69, 9.17) is 13.9 Å². The lowest BCUT2D eigenvalue weighted by Crippen LogP contribution is -2.42. The molecule has 33 heavy (non-hydrogen) atoms. The Morgan fingerprint density at radius 3 is 2.64 bits per heavy atom. The quantitative estimate of drug-likeness (QED) is 0.414. The van der Waals surface area contributed by atoms with Crippen molar-refractivity contribution in [2.75, 3.05) is 13.2 Å². The fraction of sp³-hybridized carbons (Fsp3) is 0.200. The van der Waals surface area contributed by atoms with Crippen molar-refractivity contribution >= 4 is 22.8 Å². The van der Waals surface area contributed by atoms with Gasteiger partial charge in [-0.15, -0.1) is 0 Å². The van der Waals surface area contributed by atoms with E-state index in [1.54, 1.807) is 25.1 Å². The van der Waals surface area contributed by atoms with Gasteiger partial charge in [-0.1, -0.05) is 18.2 Å². The fourth-order valence-corrected chi connectivity index (χ4v) is 3.95. The number of carbonyl (C=O) groups is 2. The highest BCUT2D eigenvalue weighted by molar-refractivity contribution is 5.98. The Bertz CT molecular complexity index is 1320. The first-order valence-corrected chi connectivity index (χ1v) is 10.6. The lowest BCUT2D eigenvalue weighted by atomic mass is 10.1. The summed E-state index contributed by atoms with van der Waals surface area (Å²) in [6.45, 7) is 2.64. The zero-order valence-electron chi connectivity index (χ0n) is 17.9. The predicted molar refractivity (Wildman–Crippen MR) is 121 cm³/mol. The van der Waals surface area contributed by atoms with Gasteiger partial charge in [0.1, 0.15) is 30.8 Å². The fourth-order valence-electron chi connectivity index (χ4n) is 3.95. The summed E-state index contributed by atoms with van der Waals surface area (Å²) in [7, 11) is 0. The summed E-state index contributed by atoms with van der Waals surface area (Å²) in [5, 5.41) is 13.3. The average Bonchev–Trinajstić information content (AvgIpc) is 3.41. The molecule has 8 heteroatoms. The number of aryl methyl sites for hydroxylation is 1. The van der Waals surface area contributed by atoms with Crippen LogP contribution < -0.4 is 14.8 Å². The molecule has 0 fully saturated rings. The van der Waals surface area contributed by atoms with E-state index in [2.05, 4.69) is 10.3 Å². The Labute approximate surface area is 189 Å². The maximum absolute atomic E-state index is 12.9. The number of fused-ring (bicyclic) bond motifs is 2. The van der Waals surface area contributed by atoms with Gasteiger partial charge in [-0.2, -0.15) is 0 Å². The molecule has 0 aliphatic carbocycles. The number of aromatic nitrogens is 1. The number of amides is 1. The molecule has 1 amide bonds. The molecule has 0 saturated carbocycles. The zero-order chi connectivity index (χ0) is 22.9. The summed E-state index contributed by atoms with van der Waals surface area (Å²) in [6.07, 6.45) is 0.127. The van der Waals surface area contributed by atoms with Crippen LogP contribution in [0.2, 0.25) is 0 Å². The zero-order valence-corrected chi connectivity index (χ0v) is 17.9. The Hall–Kier alpha value is -4.20. The van der Waals surface area contributed by atoms with Crippen LogP contribution in [0.4, 0.5) is 0 Å². The molecule has 168 valence electrons. The topological polar surface area (TPSA) is 114 Å². The number of aromatic amines is 1. The monoisotopic (exact) mass is 446 g/mol. The molecule has 2 aromatic heterocycles. The van der Waals surface area contributed by atoms with Gasteiger partial charge in [0, 0.05) is 23.2 Å². The van der Waals surface area contributed by atoms with Crippen molar-refractivity contribution in [1.29, 1.82) is 0 Å². The van der Waals surface area contributed by atoms with Crippen molar-refractivity contribution in [3.8, 4) is 22.8 Å². The van der Waals surface area contributed by atoms with Crippen LogP contribution in [0.5, 0.6) is 11.5 Å². The van der Waals surface area contributed by atoms with E-state index in [0.717, 1.165) is 22.2 Å². The van der Waals surface area contributed by atoms with E-state index in [9.17, 15) is 14.7 Å². The molecule has 0 spiro atoms. The van der Waals surface area contributed by atoms with Crippen LogP contribution >= 0.6 is 0 Å². The molecule has 3 heterocycles. The number of furan rings is 1. The van der Waals surface area contributed by atoms with Crippen molar-refractivity contribution in [3.05, 3.63) is 71.6 Å². The molecule has 4 aromatic rings. The van der Waals surface area contributed by atoms with Gasteiger partial charge in [-0.3, -0.25) is 4.79 Å². The highest BCUT2D eigenvalue weighted by atomic mass is 16.6. The Balaban J connectivity index is 1.35. The van der Waals surface area contributed by atoms with Gasteiger partial charge in [0.2, 0.25) is 0 Å². The summed E-state index contributed by atoms with van der Waals surface area (Å²) < 4.78 is 17.0. The number of H-pyrrole nitrogens is 1. The van der Waals surface area contributed by atoms with Crippen molar-refractivity contribution in [1.82, 2.24) is 10.3 Å². The molecule has 1 aliphatic rings. The summed E-state index contributed by atoms with van der Waals surface area (Å²) in [4.78, 5) is 28.0. The number of carbonyl (C=O) groups excluding carboxylic acids is 1. The lowest BCUT2D eigenvalue weighted by Gasteiger charge is -2.18. The van der Waals surface area contributed by atoms with Gasteiger partial charge in [-0.25, -0.2) is 4.79 Å². The summed E-state index contributed by atoms with van der Waals surface area (Å²) in [6, 6.07) is 15.5. The number of rotatable bonds is 6. The standard InChI is InChI=1S/C25H22N2O6/c1-14-18(13-22(33-14)16-6-7-21-23(11-16)32-9-8-31-21)24(28)27-20(25(29)30)12-17-10-15-4-2-3-5-19(15)26-17/h2-7,10-11,13,20,26H,8-9,12H2,1H3,(H,27,28)(H,29,30). The summed E-state index contributed by atoms with van der Waals surface area (Å²) >= 11 is 0.